The lowest BCUT2D eigenvalue weighted by Gasteiger charge is -2.24. The molecule has 1 saturated heterocycles. The van der Waals surface area contributed by atoms with Crippen molar-refractivity contribution in [2.75, 3.05) is 12.3 Å². The Morgan fingerprint density at radius 2 is 1.95 bits per heavy atom. The predicted molar refractivity (Wildman–Crippen MR) is 143 cm³/mol. The number of rotatable bonds is 7. The Kier molecular flexibility index (Phi) is 6.59. The van der Waals surface area contributed by atoms with Gasteiger partial charge in [-0.2, -0.15) is 14.8 Å². The maximum absolute atomic E-state index is 14.0. The van der Waals surface area contributed by atoms with Crippen LogP contribution >= 0.6 is 0 Å². The molecule has 1 aliphatic heterocycles. The number of halogens is 2. The number of nitrogens with zero attached hydrogens (tertiary/aromatic N) is 6. The minimum Gasteiger partial charge on any atom is -0.454 e. The van der Waals surface area contributed by atoms with E-state index in [4.69, 9.17) is 15.6 Å². The Bertz CT molecular complexity index is 1670. The van der Waals surface area contributed by atoms with Crippen LogP contribution < -0.4 is 10.5 Å². The van der Waals surface area contributed by atoms with Crippen molar-refractivity contribution in [1.82, 2.24) is 24.6 Å². The number of allylic oxidation sites excluding steroid dienone is 1. The molecule has 1 atom stereocenters. The van der Waals surface area contributed by atoms with Gasteiger partial charge in [-0.05, 0) is 68.0 Å². The van der Waals surface area contributed by atoms with Crippen LogP contribution in [0.15, 0.2) is 60.4 Å². The molecule has 202 valence electrons. The third-order valence-electron chi connectivity index (χ3n) is 7.23. The standard InChI is InChI=1S/C29H25F2N7O2/c30-22-4-1-5-23(25(22)31)40-21-10-8-18(9-11-21)26-24-27(33)34-16-35-28(24)38(36-26)15-20-3-2-12-37(20)29(39)19(14-32)13-17-6-7-17/h1,4-5,8-11,13,16-17,20H,2-3,6-7,12,15H2,(H2,33,34,35)/t20-/m1/s1. The number of carbonyl (C=O) groups is 1. The van der Waals surface area contributed by atoms with Crippen LogP contribution in [-0.4, -0.2) is 43.1 Å². The summed E-state index contributed by atoms with van der Waals surface area (Å²) in [4.78, 5) is 23.5. The largest absolute Gasteiger partial charge is 0.454 e. The van der Waals surface area contributed by atoms with Gasteiger partial charge in [0.2, 0.25) is 5.82 Å². The molecule has 2 aliphatic rings. The molecule has 1 amide bonds. The Balaban J connectivity index is 1.28. The number of aromatic nitrogens is 4. The Morgan fingerprint density at radius 1 is 1.15 bits per heavy atom. The van der Waals surface area contributed by atoms with Gasteiger partial charge in [0.25, 0.3) is 5.91 Å². The Labute approximate surface area is 228 Å². The van der Waals surface area contributed by atoms with E-state index >= 15 is 0 Å². The third kappa shape index (κ3) is 4.84. The zero-order valence-electron chi connectivity index (χ0n) is 21.4. The number of anilines is 1. The Morgan fingerprint density at radius 3 is 2.70 bits per heavy atom. The minimum atomic E-state index is -1.06. The lowest BCUT2D eigenvalue weighted by atomic mass is 10.1. The van der Waals surface area contributed by atoms with Gasteiger partial charge in [-0.25, -0.2) is 19.0 Å². The Hall–Kier alpha value is -4.85. The van der Waals surface area contributed by atoms with Gasteiger partial charge in [0.15, 0.2) is 17.2 Å². The molecule has 2 N–H and O–H groups in total. The van der Waals surface area contributed by atoms with E-state index in [2.05, 4.69) is 16.0 Å². The quantitative estimate of drug-likeness (QED) is 0.258. The number of hydrogen-bond acceptors (Lipinski definition) is 7. The first-order valence-corrected chi connectivity index (χ1v) is 13.0. The van der Waals surface area contributed by atoms with Crippen LogP contribution in [0.1, 0.15) is 25.7 Å². The molecule has 11 heteroatoms. The number of nitriles is 1. The van der Waals surface area contributed by atoms with Crippen molar-refractivity contribution in [1.29, 1.82) is 5.26 Å². The highest BCUT2D eigenvalue weighted by Gasteiger charge is 2.33. The molecule has 1 aliphatic carbocycles. The summed E-state index contributed by atoms with van der Waals surface area (Å²) in [6.07, 6.45) is 6.79. The van der Waals surface area contributed by atoms with E-state index in [1.165, 1.54) is 18.5 Å². The fourth-order valence-corrected chi connectivity index (χ4v) is 5.03. The summed E-state index contributed by atoms with van der Waals surface area (Å²) in [7, 11) is 0. The fraction of sp³-hybridized carbons (Fsp3) is 0.276. The lowest BCUT2D eigenvalue weighted by molar-refractivity contribution is -0.127. The maximum atomic E-state index is 14.0. The number of nitrogens with two attached hydrogens (primary N) is 1. The van der Waals surface area contributed by atoms with Crippen LogP contribution in [0.5, 0.6) is 11.5 Å². The van der Waals surface area contributed by atoms with E-state index in [0.29, 0.717) is 47.0 Å². The number of fused-ring (bicyclic) bond motifs is 1. The van der Waals surface area contributed by atoms with Crippen molar-refractivity contribution in [3.05, 3.63) is 72.1 Å². The van der Waals surface area contributed by atoms with Crippen LogP contribution in [0.25, 0.3) is 22.3 Å². The lowest BCUT2D eigenvalue weighted by Crippen LogP contribution is -2.39. The van der Waals surface area contributed by atoms with Gasteiger partial charge < -0.3 is 15.4 Å². The van der Waals surface area contributed by atoms with Gasteiger partial charge in [0.1, 0.15) is 35.2 Å². The number of ether oxygens (including phenoxy) is 1. The maximum Gasteiger partial charge on any atom is 0.264 e. The van der Waals surface area contributed by atoms with Crippen molar-refractivity contribution >= 4 is 22.8 Å². The highest BCUT2D eigenvalue weighted by molar-refractivity contribution is 5.99. The number of hydrogen-bond donors (Lipinski definition) is 1. The van der Waals surface area contributed by atoms with E-state index in [9.17, 15) is 18.8 Å². The molecule has 1 saturated carbocycles. The number of benzene rings is 2. The van der Waals surface area contributed by atoms with Gasteiger partial charge in [0.05, 0.1) is 18.0 Å². The van der Waals surface area contributed by atoms with E-state index in [0.717, 1.165) is 31.7 Å². The summed E-state index contributed by atoms with van der Waals surface area (Å²) in [5, 5.41) is 15.0. The van der Waals surface area contributed by atoms with E-state index < -0.39 is 11.6 Å². The average Bonchev–Trinajstić information content (AvgIpc) is 3.54. The van der Waals surface area contributed by atoms with Gasteiger partial charge in [-0.1, -0.05) is 12.1 Å². The molecule has 0 radical (unpaired) electrons. The van der Waals surface area contributed by atoms with E-state index in [1.54, 1.807) is 39.9 Å². The monoisotopic (exact) mass is 541 g/mol. The topological polar surface area (TPSA) is 123 Å². The molecular formula is C29H25F2N7O2. The summed E-state index contributed by atoms with van der Waals surface area (Å²) >= 11 is 0. The van der Waals surface area contributed by atoms with E-state index in [1.807, 2.05) is 0 Å². The van der Waals surface area contributed by atoms with Gasteiger partial charge >= 0.3 is 0 Å². The average molecular weight is 542 g/mol. The first kappa shape index (κ1) is 25.4. The molecule has 2 aromatic carbocycles. The summed E-state index contributed by atoms with van der Waals surface area (Å²) in [6.45, 7) is 0.949. The first-order chi connectivity index (χ1) is 19.4. The van der Waals surface area contributed by atoms with Gasteiger partial charge in [-0.3, -0.25) is 4.79 Å². The molecule has 0 bridgehead atoms. The summed E-state index contributed by atoms with van der Waals surface area (Å²) in [5.41, 5.74) is 8.21. The number of likely N-dealkylation sites (tertiary alicyclic amines) is 1. The second-order valence-corrected chi connectivity index (χ2v) is 9.99. The fourth-order valence-electron chi connectivity index (χ4n) is 5.03. The summed E-state index contributed by atoms with van der Waals surface area (Å²) in [6, 6.07) is 12.4. The van der Waals surface area contributed by atoms with Crippen molar-refractivity contribution in [2.24, 2.45) is 5.92 Å². The zero-order valence-corrected chi connectivity index (χ0v) is 21.4. The first-order valence-electron chi connectivity index (χ1n) is 13.0. The zero-order chi connectivity index (χ0) is 27.8. The number of amides is 1. The highest BCUT2D eigenvalue weighted by Crippen LogP contribution is 2.34. The van der Waals surface area contributed by atoms with Crippen LogP contribution in [-0.2, 0) is 11.3 Å². The molecule has 6 rings (SSSR count). The molecule has 2 fully saturated rings. The van der Waals surface area contributed by atoms with E-state index in [-0.39, 0.29) is 29.1 Å². The van der Waals surface area contributed by atoms with Gasteiger partial charge in [-0.15, -0.1) is 0 Å². The SMILES string of the molecule is N#CC(=CC1CC1)C(=O)N1CCC[C@@H]1Cn1nc(-c2ccc(Oc3cccc(F)c3F)cc2)c2c(N)ncnc21. The van der Waals surface area contributed by atoms with Crippen molar-refractivity contribution in [2.45, 2.75) is 38.3 Å². The predicted octanol–water partition coefficient (Wildman–Crippen LogP) is 5.00. The summed E-state index contributed by atoms with van der Waals surface area (Å²) < 4.78 is 34.8. The van der Waals surface area contributed by atoms with Crippen LogP contribution in [0, 0.1) is 28.9 Å². The minimum absolute atomic E-state index is 0.160. The van der Waals surface area contributed by atoms with Crippen molar-refractivity contribution in [3.8, 4) is 28.8 Å². The molecule has 40 heavy (non-hydrogen) atoms. The molecule has 3 heterocycles. The van der Waals surface area contributed by atoms with Crippen molar-refractivity contribution < 1.29 is 18.3 Å². The molecule has 9 nitrogen and oxygen atoms in total. The molecule has 0 unspecified atom stereocenters. The number of nitrogen functional groups attached to an aromatic ring is 1. The second kappa shape index (κ2) is 10.4. The number of carbonyl (C=O) groups excluding carboxylic acids is 1. The summed E-state index contributed by atoms with van der Waals surface area (Å²) in [5.74, 6) is -1.63. The molecule has 0 spiro atoms. The van der Waals surface area contributed by atoms with Crippen LogP contribution in [0.3, 0.4) is 0 Å². The molecule has 2 aromatic heterocycles. The normalized spacial score (nSPS) is 17.3. The highest BCUT2D eigenvalue weighted by atomic mass is 19.2. The molecular weight excluding hydrogens is 516 g/mol. The van der Waals surface area contributed by atoms with Crippen LogP contribution in [0.4, 0.5) is 14.6 Å². The smallest absolute Gasteiger partial charge is 0.264 e. The van der Waals surface area contributed by atoms with Crippen LogP contribution in [0.2, 0.25) is 0 Å². The van der Waals surface area contributed by atoms with Gasteiger partial charge in [0, 0.05) is 12.1 Å². The van der Waals surface area contributed by atoms with Crippen molar-refractivity contribution in [3.63, 3.8) is 0 Å². The molecule has 4 aromatic rings. The third-order valence-corrected chi connectivity index (χ3v) is 7.23. The second-order valence-electron chi connectivity index (χ2n) is 9.99.